The van der Waals surface area contributed by atoms with E-state index in [0.29, 0.717) is 16.4 Å². The van der Waals surface area contributed by atoms with Crippen LogP contribution in [0, 0.1) is 0 Å². The molecule has 2 rings (SSSR count). The summed E-state index contributed by atoms with van der Waals surface area (Å²) in [4.78, 5) is 28.0. The van der Waals surface area contributed by atoms with Gasteiger partial charge in [-0.25, -0.2) is 14.5 Å². The van der Waals surface area contributed by atoms with Crippen LogP contribution in [-0.4, -0.2) is 39.5 Å². The molecule has 7 nitrogen and oxygen atoms in total. The van der Waals surface area contributed by atoms with E-state index in [1.807, 2.05) is 20.1 Å². The lowest BCUT2D eigenvalue weighted by Gasteiger charge is -2.12. The number of carbonyl (C=O) groups is 2. The van der Waals surface area contributed by atoms with Gasteiger partial charge in [-0.3, -0.25) is 4.79 Å². The van der Waals surface area contributed by atoms with E-state index in [-0.39, 0.29) is 12.6 Å². The third-order valence-electron chi connectivity index (χ3n) is 2.95. The minimum Gasteiger partial charge on any atom is -0.452 e. The largest absolute Gasteiger partial charge is 0.452 e. The van der Waals surface area contributed by atoms with Crippen molar-refractivity contribution in [2.45, 2.75) is 24.9 Å². The Labute approximate surface area is 138 Å². The molecule has 0 aliphatic carbocycles. The van der Waals surface area contributed by atoms with Gasteiger partial charge >= 0.3 is 5.97 Å². The normalized spacial score (nSPS) is 10.6. The number of hydrogen-bond donors (Lipinski definition) is 1. The Morgan fingerprint density at radius 3 is 2.83 bits per heavy atom. The molecule has 2 aromatic heterocycles. The van der Waals surface area contributed by atoms with E-state index in [0.717, 1.165) is 0 Å². The van der Waals surface area contributed by atoms with Gasteiger partial charge in [0.15, 0.2) is 6.61 Å². The molecule has 0 aromatic carbocycles. The summed E-state index contributed by atoms with van der Waals surface area (Å²) in [6, 6.07) is 5.07. The Hall–Kier alpha value is -2.35. The second-order valence-corrected chi connectivity index (χ2v) is 5.73. The van der Waals surface area contributed by atoms with Gasteiger partial charge in [0.1, 0.15) is 10.8 Å². The molecule has 0 bridgehead atoms. The number of carbonyl (C=O) groups excluding carboxylic acids is 2. The van der Waals surface area contributed by atoms with Gasteiger partial charge in [-0.15, -0.1) is 11.8 Å². The van der Waals surface area contributed by atoms with E-state index < -0.39 is 11.9 Å². The number of anilines is 1. The number of pyridine rings is 1. The molecule has 0 fully saturated rings. The van der Waals surface area contributed by atoms with Crippen LogP contribution in [0.1, 0.15) is 30.2 Å². The highest BCUT2D eigenvalue weighted by Gasteiger charge is 2.16. The number of thioether (sulfide) groups is 1. The maximum atomic E-state index is 12.0. The molecule has 0 radical (unpaired) electrons. The molecule has 23 heavy (non-hydrogen) atoms. The van der Waals surface area contributed by atoms with E-state index >= 15 is 0 Å². The number of ether oxygens (including phenoxy) is 1. The average Bonchev–Trinajstić information content (AvgIpc) is 3.00. The maximum Gasteiger partial charge on any atom is 0.341 e. The lowest BCUT2D eigenvalue weighted by molar-refractivity contribution is -0.119. The number of amides is 1. The molecule has 0 spiro atoms. The standard InChI is InChI=1S/C15H18N4O3S/c1-10(2)19-12(6-8-17-19)18-13(20)9-22-15(21)11-5-4-7-16-14(11)23-3/h4-8,10H,9H2,1-3H3,(H,18,20). The summed E-state index contributed by atoms with van der Waals surface area (Å²) in [7, 11) is 0. The lowest BCUT2D eigenvalue weighted by atomic mass is 10.3. The summed E-state index contributed by atoms with van der Waals surface area (Å²) in [5.41, 5.74) is 0.347. The van der Waals surface area contributed by atoms with Crippen molar-refractivity contribution in [3.63, 3.8) is 0 Å². The first-order valence-corrected chi connectivity index (χ1v) is 8.25. The zero-order valence-electron chi connectivity index (χ0n) is 13.1. The summed E-state index contributed by atoms with van der Waals surface area (Å²) in [5.74, 6) is -0.433. The van der Waals surface area contributed by atoms with Crippen molar-refractivity contribution in [1.29, 1.82) is 0 Å². The molecular weight excluding hydrogens is 316 g/mol. The molecule has 0 aliphatic heterocycles. The van der Waals surface area contributed by atoms with Crippen LogP contribution in [-0.2, 0) is 9.53 Å². The molecule has 0 unspecified atom stereocenters. The van der Waals surface area contributed by atoms with Crippen LogP contribution in [0.4, 0.5) is 5.82 Å². The summed E-state index contributed by atoms with van der Waals surface area (Å²) in [6.45, 7) is 3.54. The summed E-state index contributed by atoms with van der Waals surface area (Å²) in [6.07, 6.45) is 5.02. The molecule has 2 aromatic rings. The van der Waals surface area contributed by atoms with Crippen LogP contribution in [0.15, 0.2) is 35.6 Å². The fraction of sp³-hybridized carbons (Fsp3) is 0.333. The summed E-state index contributed by atoms with van der Waals surface area (Å²) in [5, 5.41) is 7.35. The van der Waals surface area contributed by atoms with Gasteiger partial charge in [0, 0.05) is 18.3 Å². The predicted molar refractivity (Wildman–Crippen MR) is 87.5 cm³/mol. The van der Waals surface area contributed by atoms with Crippen molar-refractivity contribution in [1.82, 2.24) is 14.8 Å². The maximum absolute atomic E-state index is 12.0. The van der Waals surface area contributed by atoms with Crippen LogP contribution in [0.5, 0.6) is 0 Å². The number of nitrogens with zero attached hydrogens (tertiary/aromatic N) is 3. The average molecular weight is 334 g/mol. The zero-order chi connectivity index (χ0) is 16.8. The molecule has 1 amide bonds. The van der Waals surface area contributed by atoms with Crippen LogP contribution in [0.3, 0.4) is 0 Å². The quantitative estimate of drug-likeness (QED) is 0.645. The van der Waals surface area contributed by atoms with E-state index in [9.17, 15) is 9.59 Å². The molecular formula is C15H18N4O3S. The monoisotopic (exact) mass is 334 g/mol. The molecule has 0 saturated carbocycles. The van der Waals surface area contributed by atoms with Crippen LogP contribution >= 0.6 is 11.8 Å². The number of nitrogens with one attached hydrogen (secondary N) is 1. The molecule has 0 aliphatic rings. The van der Waals surface area contributed by atoms with Crippen molar-refractivity contribution in [2.24, 2.45) is 0 Å². The number of rotatable bonds is 6. The Morgan fingerprint density at radius 1 is 1.35 bits per heavy atom. The van der Waals surface area contributed by atoms with Crippen molar-refractivity contribution in [3.05, 3.63) is 36.2 Å². The van der Waals surface area contributed by atoms with Crippen molar-refractivity contribution in [2.75, 3.05) is 18.2 Å². The molecule has 8 heteroatoms. The van der Waals surface area contributed by atoms with Gasteiger partial charge in [-0.1, -0.05) is 0 Å². The van der Waals surface area contributed by atoms with Gasteiger partial charge in [-0.05, 0) is 32.2 Å². The van der Waals surface area contributed by atoms with E-state index in [4.69, 9.17) is 4.74 Å². The van der Waals surface area contributed by atoms with Crippen LogP contribution in [0.25, 0.3) is 0 Å². The molecule has 122 valence electrons. The van der Waals surface area contributed by atoms with Crippen molar-refractivity contribution < 1.29 is 14.3 Å². The number of aromatic nitrogens is 3. The molecule has 0 atom stereocenters. The Kier molecular flexibility index (Phi) is 5.75. The van der Waals surface area contributed by atoms with Crippen molar-refractivity contribution >= 4 is 29.5 Å². The highest BCUT2D eigenvalue weighted by Crippen LogP contribution is 2.17. The van der Waals surface area contributed by atoms with Crippen molar-refractivity contribution in [3.8, 4) is 0 Å². The smallest absolute Gasteiger partial charge is 0.341 e. The topological polar surface area (TPSA) is 86.1 Å². The fourth-order valence-electron chi connectivity index (χ4n) is 1.92. The van der Waals surface area contributed by atoms with E-state index in [1.165, 1.54) is 11.8 Å². The second-order valence-electron chi connectivity index (χ2n) is 4.94. The summed E-state index contributed by atoms with van der Waals surface area (Å²) >= 11 is 1.34. The Balaban J connectivity index is 1.94. The first-order valence-electron chi connectivity index (χ1n) is 7.02. The van der Waals surface area contributed by atoms with Gasteiger partial charge in [0.25, 0.3) is 5.91 Å². The minimum absolute atomic E-state index is 0.113. The first kappa shape index (κ1) is 17.0. The highest BCUT2D eigenvalue weighted by atomic mass is 32.2. The molecule has 2 heterocycles. The predicted octanol–water partition coefficient (Wildman–Crippen LogP) is 2.38. The van der Waals surface area contributed by atoms with Gasteiger partial charge < -0.3 is 10.1 Å². The lowest BCUT2D eigenvalue weighted by Crippen LogP contribution is -2.23. The Bertz CT molecular complexity index is 700. The van der Waals surface area contributed by atoms with Crippen LogP contribution < -0.4 is 5.32 Å². The third kappa shape index (κ3) is 4.32. The Morgan fingerprint density at radius 2 is 2.13 bits per heavy atom. The number of esters is 1. The van der Waals surface area contributed by atoms with Gasteiger partial charge in [0.05, 0.1) is 11.8 Å². The third-order valence-corrected chi connectivity index (χ3v) is 3.66. The molecule has 0 saturated heterocycles. The van der Waals surface area contributed by atoms with E-state index in [2.05, 4.69) is 15.4 Å². The first-order chi connectivity index (χ1) is 11.0. The zero-order valence-corrected chi connectivity index (χ0v) is 14.0. The fourth-order valence-corrected chi connectivity index (χ4v) is 2.46. The number of hydrogen-bond acceptors (Lipinski definition) is 6. The SMILES string of the molecule is CSc1ncccc1C(=O)OCC(=O)Nc1ccnn1C(C)C. The molecule has 1 N–H and O–H groups in total. The van der Waals surface area contributed by atoms with E-state index in [1.54, 1.807) is 35.3 Å². The summed E-state index contributed by atoms with van der Waals surface area (Å²) < 4.78 is 6.72. The second kappa shape index (κ2) is 7.77. The van der Waals surface area contributed by atoms with Crippen LogP contribution in [0.2, 0.25) is 0 Å². The minimum atomic E-state index is -0.574. The van der Waals surface area contributed by atoms with Gasteiger partial charge in [-0.2, -0.15) is 5.10 Å². The van der Waals surface area contributed by atoms with Gasteiger partial charge in [0.2, 0.25) is 0 Å². The highest BCUT2D eigenvalue weighted by molar-refractivity contribution is 7.98.